The maximum absolute atomic E-state index is 8.31. The van der Waals surface area contributed by atoms with Crippen molar-refractivity contribution < 1.29 is 5.11 Å². The van der Waals surface area contributed by atoms with Crippen LogP contribution in [0, 0.1) is 13.8 Å². The SMILES string of the molecule is [CH2]C=CC([CH2])O. The fourth-order valence-corrected chi connectivity index (χ4v) is 0.157. The van der Waals surface area contributed by atoms with E-state index in [9.17, 15) is 0 Å². The van der Waals surface area contributed by atoms with Crippen molar-refractivity contribution in [2.45, 2.75) is 6.10 Å². The molecule has 0 aliphatic carbocycles. The summed E-state index contributed by atoms with van der Waals surface area (Å²) in [7, 11) is 0. The molecule has 0 aliphatic heterocycles. The Hall–Kier alpha value is -0.300. The highest BCUT2D eigenvalue weighted by Gasteiger charge is 1.78. The molecule has 0 saturated carbocycles. The first-order valence-corrected chi connectivity index (χ1v) is 1.74. The first-order valence-electron chi connectivity index (χ1n) is 1.74. The predicted octanol–water partition coefficient (Wildman–Crippen LogP) is 0.572. The van der Waals surface area contributed by atoms with Gasteiger partial charge in [0.2, 0.25) is 0 Å². The van der Waals surface area contributed by atoms with Gasteiger partial charge in [0, 0.05) is 0 Å². The number of aliphatic hydroxyl groups excluding tert-OH is 1. The van der Waals surface area contributed by atoms with E-state index in [-0.39, 0.29) is 0 Å². The van der Waals surface area contributed by atoms with Gasteiger partial charge in [-0.25, -0.2) is 0 Å². The summed E-state index contributed by atoms with van der Waals surface area (Å²) in [5, 5.41) is 8.31. The minimum absolute atomic E-state index is 0.595. The Bertz CT molecular complexity index is 45.9. The molecule has 1 heteroatoms. The Kier molecular flexibility index (Phi) is 2.77. The highest BCUT2D eigenvalue weighted by molar-refractivity contribution is 4.91. The molecule has 0 amide bonds. The quantitative estimate of drug-likeness (QED) is 0.492. The zero-order chi connectivity index (χ0) is 4.99. The van der Waals surface area contributed by atoms with Crippen molar-refractivity contribution in [3.05, 3.63) is 26.0 Å². The van der Waals surface area contributed by atoms with E-state index in [2.05, 4.69) is 13.8 Å². The summed E-state index contributed by atoms with van der Waals surface area (Å²) in [4.78, 5) is 0. The van der Waals surface area contributed by atoms with E-state index >= 15 is 0 Å². The summed E-state index contributed by atoms with van der Waals surface area (Å²) in [5.41, 5.74) is 0. The second-order valence-corrected chi connectivity index (χ2v) is 0.995. The smallest absolute Gasteiger partial charge is 0.0722 e. The lowest BCUT2D eigenvalue weighted by atomic mass is 10.4. The van der Waals surface area contributed by atoms with E-state index in [1.54, 1.807) is 0 Å². The second kappa shape index (κ2) is 2.91. The van der Waals surface area contributed by atoms with Crippen LogP contribution >= 0.6 is 0 Å². The van der Waals surface area contributed by atoms with Crippen molar-refractivity contribution in [2.24, 2.45) is 0 Å². The molecule has 1 unspecified atom stereocenters. The standard InChI is InChI=1S/C5H8O/c1-3-4-5(2)6/h3-6H,1-2H2. The van der Waals surface area contributed by atoms with Crippen LogP contribution in [0.3, 0.4) is 0 Å². The Morgan fingerprint density at radius 3 is 2.17 bits per heavy atom. The van der Waals surface area contributed by atoms with Crippen LogP contribution in [-0.4, -0.2) is 11.2 Å². The molecule has 0 bridgehead atoms. The molecule has 1 atom stereocenters. The molecule has 0 aromatic rings. The third-order valence-electron chi connectivity index (χ3n) is 0.358. The van der Waals surface area contributed by atoms with Crippen LogP contribution in [0.1, 0.15) is 0 Å². The zero-order valence-corrected chi connectivity index (χ0v) is 3.59. The van der Waals surface area contributed by atoms with Gasteiger partial charge in [-0.15, -0.1) is 0 Å². The summed E-state index contributed by atoms with van der Waals surface area (Å²) >= 11 is 0. The highest BCUT2D eigenvalue weighted by Crippen LogP contribution is 1.77. The van der Waals surface area contributed by atoms with E-state index in [0.717, 1.165) is 0 Å². The monoisotopic (exact) mass is 84.1 g/mol. The van der Waals surface area contributed by atoms with Crippen LogP contribution in [0.15, 0.2) is 12.2 Å². The lowest BCUT2D eigenvalue weighted by molar-refractivity contribution is 0.269. The van der Waals surface area contributed by atoms with E-state index < -0.39 is 6.10 Å². The molecule has 0 spiro atoms. The third kappa shape index (κ3) is 3.70. The first kappa shape index (κ1) is 5.70. The van der Waals surface area contributed by atoms with Crippen LogP contribution in [0.2, 0.25) is 0 Å². The van der Waals surface area contributed by atoms with Gasteiger partial charge in [0.25, 0.3) is 0 Å². The molecular weight excluding hydrogens is 76.1 g/mol. The van der Waals surface area contributed by atoms with Gasteiger partial charge in [-0.1, -0.05) is 12.2 Å². The lowest BCUT2D eigenvalue weighted by Gasteiger charge is -1.86. The Morgan fingerprint density at radius 1 is 1.67 bits per heavy atom. The summed E-state index contributed by atoms with van der Waals surface area (Å²) < 4.78 is 0. The maximum atomic E-state index is 8.31. The molecule has 34 valence electrons. The number of aliphatic hydroxyl groups is 1. The minimum Gasteiger partial charge on any atom is -0.389 e. The number of allylic oxidation sites excluding steroid dienone is 1. The number of rotatable bonds is 1. The van der Waals surface area contributed by atoms with Gasteiger partial charge in [-0.05, 0) is 13.8 Å². The van der Waals surface area contributed by atoms with Crippen molar-refractivity contribution in [3.8, 4) is 0 Å². The average Bonchev–Trinajstić information content (AvgIpc) is 1.35. The van der Waals surface area contributed by atoms with E-state index in [4.69, 9.17) is 5.11 Å². The van der Waals surface area contributed by atoms with Crippen LogP contribution in [0.25, 0.3) is 0 Å². The summed E-state index contributed by atoms with van der Waals surface area (Å²) in [6.07, 6.45) is 2.42. The maximum Gasteiger partial charge on any atom is 0.0722 e. The summed E-state index contributed by atoms with van der Waals surface area (Å²) in [6, 6.07) is 0. The van der Waals surface area contributed by atoms with E-state index in [1.165, 1.54) is 12.2 Å². The molecule has 0 aromatic carbocycles. The molecule has 0 rings (SSSR count). The van der Waals surface area contributed by atoms with Crippen LogP contribution in [0.5, 0.6) is 0 Å². The van der Waals surface area contributed by atoms with Crippen molar-refractivity contribution in [2.75, 3.05) is 0 Å². The van der Waals surface area contributed by atoms with Gasteiger partial charge in [0.05, 0.1) is 6.10 Å². The fourth-order valence-electron chi connectivity index (χ4n) is 0.157. The van der Waals surface area contributed by atoms with Crippen molar-refractivity contribution >= 4 is 0 Å². The summed E-state index contributed by atoms with van der Waals surface area (Å²) in [5.74, 6) is 0. The lowest BCUT2D eigenvalue weighted by Crippen LogP contribution is -1.90. The topological polar surface area (TPSA) is 20.2 Å². The Balaban J connectivity index is 3.03. The Morgan fingerprint density at radius 2 is 2.17 bits per heavy atom. The van der Waals surface area contributed by atoms with Gasteiger partial charge in [0.15, 0.2) is 0 Å². The highest BCUT2D eigenvalue weighted by atomic mass is 16.3. The molecule has 2 radical (unpaired) electrons. The summed E-state index contributed by atoms with van der Waals surface area (Å²) in [6.45, 7) is 6.60. The second-order valence-electron chi connectivity index (χ2n) is 0.995. The molecule has 0 fully saturated rings. The molecule has 0 aliphatic rings. The van der Waals surface area contributed by atoms with Gasteiger partial charge in [-0.2, -0.15) is 0 Å². The van der Waals surface area contributed by atoms with E-state index in [1.807, 2.05) is 0 Å². The fraction of sp³-hybridized carbons (Fsp3) is 0.200. The minimum atomic E-state index is -0.595. The van der Waals surface area contributed by atoms with Gasteiger partial charge >= 0.3 is 0 Å². The first-order chi connectivity index (χ1) is 2.77. The molecular formula is C5H8O. The third-order valence-corrected chi connectivity index (χ3v) is 0.358. The van der Waals surface area contributed by atoms with Gasteiger partial charge < -0.3 is 5.11 Å². The van der Waals surface area contributed by atoms with Crippen LogP contribution in [0.4, 0.5) is 0 Å². The zero-order valence-electron chi connectivity index (χ0n) is 3.59. The van der Waals surface area contributed by atoms with Gasteiger partial charge in [0.1, 0.15) is 0 Å². The molecule has 6 heavy (non-hydrogen) atoms. The average molecular weight is 84.1 g/mol. The van der Waals surface area contributed by atoms with Crippen LogP contribution in [-0.2, 0) is 0 Å². The Labute approximate surface area is 38.3 Å². The van der Waals surface area contributed by atoms with Crippen molar-refractivity contribution in [3.63, 3.8) is 0 Å². The number of hydrogen-bond acceptors (Lipinski definition) is 1. The largest absolute Gasteiger partial charge is 0.389 e. The van der Waals surface area contributed by atoms with Crippen molar-refractivity contribution in [1.29, 1.82) is 0 Å². The number of hydrogen-bond donors (Lipinski definition) is 1. The predicted molar refractivity (Wildman–Crippen MR) is 25.9 cm³/mol. The van der Waals surface area contributed by atoms with Gasteiger partial charge in [-0.3, -0.25) is 0 Å². The molecule has 0 heterocycles. The molecule has 1 nitrogen and oxygen atoms in total. The molecule has 0 aromatic heterocycles. The van der Waals surface area contributed by atoms with Crippen molar-refractivity contribution in [1.82, 2.24) is 0 Å². The van der Waals surface area contributed by atoms with Crippen LogP contribution < -0.4 is 0 Å². The molecule has 0 saturated heterocycles. The molecule has 1 N–H and O–H groups in total. The normalized spacial score (nSPS) is 15.8. The van der Waals surface area contributed by atoms with E-state index in [0.29, 0.717) is 0 Å².